The highest BCUT2D eigenvalue weighted by atomic mass is 79.9. The second kappa shape index (κ2) is 4.92. The van der Waals surface area contributed by atoms with Crippen LogP contribution in [0, 0.1) is 11.6 Å². The Bertz CT molecular complexity index is 877. The van der Waals surface area contributed by atoms with E-state index in [-0.39, 0.29) is 21.2 Å². The van der Waals surface area contributed by atoms with Crippen molar-refractivity contribution in [1.29, 1.82) is 0 Å². The van der Waals surface area contributed by atoms with Gasteiger partial charge in [0.1, 0.15) is 23.5 Å². The number of aromatic carboxylic acids is 1. The van der Waals surface area contributed by atoms with E-state index in [1.165, 1.54) is 23.0 Å². The number of rotatable bonds is 2. The minimum absolute atomic E-state index is 0.00393. The van der Waals surface area contributed by atoms with Gasteiger partial charge in [0, 0.05) is 6.07 Å². The van der Waals surface area contributed by atoms with Gasteiger partial charge >= 0.3 is 5.97 Å². The average molecular weight is 353 g/mol. The van der Waals surface area contributed by atoms with Gasteiger partial charge < -0.3 is 5.11 Å². The van der Waals surface area contributed by atoms with Crippen LogP contribution in [0.1, 0.15) is 10.4 Å². The van der Waals surface area contributed by atoms with Crippen LogP contribution in [0.15, 0.2) is 41.1 Å². The number of imidazole rings is 1. The first-order valence-corrected chi connectivity index (χ1v) is 6.62. The summed E-state index contributed by atoms with van der Waals surface area (Å²) in [7, 11) is 0. The van der Waals surface area contributed by atoms with Crippen molar-refractivity contribution < 1.29 is 18.7 Å². The third-order valence-electron chi connectivity index (χ3n) is 3.06. The van der Waals surface area contributed by atoms with E-state index in [0.717, 1.165) is 12.1 Å². The Labute approximate surface area is 125 Å². The van der Waals surface area contributed by atoms with Crippen LogP contribution in [0.5, 0.6) is 0 Å². The predicted octanol–water partition coefficient (Wildman–Crippen LogP) is 3.76. The van der Waals surface area contributed by atoms with Crippen molar-refractivity contribution in [2.24, 2.45) is 0 Å². The molecular formula is C14H7BrF2N2O2. The van der Waals surface area contributed by atoms with Crippen LogP contribution >= 0.6 is 15.9 Å². The van der Waals surface area contributed by atoms with E-state index < -0.39 is 17.6 Å². The topological polar surface area (TPSA) is 55.1 Å². The molecule has 1 aromatic heterocycles. The van der Waals surface area contributed by atoms with Gasteiger partial charge in [-0.3, -0.25) is 4.57 Å². The summed E-state index contributed by atoms with van der Waals surface area (Å²) >= 11 is 2.91. The fourth-order valence-corrected chi connectivity index (χ4v) is 2.42. The molecule has 0 radical (unpaired) electrons. The fourth-order valence-electron chi connectivity index (χ4n) is 2.10. The molecule has 21 heavy (non-hydrogen) atoms. The first-order chi connectivity index (χ1) is 9.99. The zero-order chi connectivity index (χ0) is 15.1. The standard InChI is InChI=1S/C14H7BrF2N2O2/c15-8-4-10(17)12(5-9(8)16)19-6-18-13-7(14(20)21)2-1-3-11(13)19/h1-6H,(H,20,21). The van der Waals surface area contributed by atoms with Crippen molar-refractivity contribution in [3.05, 3.63) is 58.3 Å². The molecule has 0 aliphatic carbocycles. The van der Waals surface area contributed by atoms with E-state index in [0.29, 0.717) is 5.52 Å². The molecule has 1 heterocycles. The van der Waals surface area contributed by atoms with Gasteiger partial charge in [-0.2, -0.15) is 0 Å². The second-order valence-corrected chi connectivity index (χ2v) is 5.17. The molecule has 4 nitrogen and oxygen atoms in total. The number of nitrogens with zero attached hydrogens (tertiary/aromatic N) is 2. The van der Waals surface area contributed by atoms with Gasteiger partial charge in [-0.05, 0) is 34.1 Å². The molecule has 1 N–H and O–H groups in total. The van der Waals surface area contributed by atoms with E-state index in [1.807, 2.05) is 0 Å². The van der Waals surface area contributed by atoms with Crippen LogP contribution in [0.4, 0.5) is 8.78 Å². The lowest BCUT2D eigenvalue weighted by Gasteiger charge is -2.07. The first kappa shape index (κ1) is 13.7. The lowest BCUT2D eigenvalue weighted by atomic mass is 10.2. The lowest BCUT2D eigenvalue weighted by molar-refractivity contribution is 0.0699. The summed E-state index contributed by atoms with van der Waals surface area (Å²) in [4.78, 5) is 15.1. The van der Waals surface area contributed by atoms with E-state index in [9.17, 15) is 13.6 Å². The van der Waals surface area contributed by atoms with Gasteiger partial charge in [0.25, 0.3) is 0 Å². The summed E-state index contributed by atoms with van der Waals surface area (Å²) in [6.07, 6.45) is 1.27. The Morgan fingerprint density at radius 1 is 1.24 bits per heavy atom. The summed E-state index contributed by atoms with van der Waals surface area (Å²) in [5.74, 6) is -2.40. The number of carboxylic acids is 1. The third kappa shape index (κ3) is 2.19. The van der Waals surface area contributed by atoms with Gasteiger partial charge in [-0.15, -0.1) is 0 Å². The maximum absolute atomic E-state index is 14.0. The highest BCUT2D eigenvalue weighted by Crippen LogP contribution is 2.26. The van der Waals surface area contributed by atoms with E-state index in [1.54, 1.807) is 6.07 Å². The first-order valence-electron chi connectivity index (χ1n) is 5.83. The molecule has 3 rings (SSSR count). The number of hydrogen-bond acceptors (Lipinski definition) is 2. The molecule has 106 valence electrons. The van der Waals surface area contributed by atoms with Crippen molar-refractivity contribution in [1.82, 2.24) is 9.55 Å². The molecule has 0 amide bonds. The Balaban J connectivity index is 2.30. The number of benzene rings is 2. The zero-order valence-electron chi connectivity index (χ0n) is 10.3. The Hall–Kier alpha value is -2.28. The molecule has 7 heteroatoms. The predicted molar refractivity (Wildman–Crippen MR) is 75.6 cm³/mol. The number of carboxylic acid groups (broad SMARTS) is 1. The molecule has 0 atom stereocenters. The summed E-state index contributed by atoms with van der Waals surface area (Å²) in [5, 5.41) is 9.11. The summed E-state index contributed by atoms with van der Waals surface area (Å²) in [5.41, 5.74) is 0.563. The molecule has 0 spiro atoms. The van der Waals surface area contributed by atoms with Gasteiger partial charge in [0.2, 0.25) is 0 Å². The quantitative estimate of drug-likeness (QED) is 0.714. The minimum Gasteiger partial charge on any atom is -0.478 e. The van der Waals surface area contributed by atoms with Crippen LogP contribution in [0.25, 0.3) is 16.7 Å². The largest absolute Gasteiger partial charge is 0.478 e. The molecule has 0 fully saturated rings. The van der Waals surface area contributed by atoms with Crippen molar-refractivity contribution in [2.75, 3.05) is 0 Å². The van der Waals surface area contributed by atoms with Crippen LogP contribution in [0.3, 0.4) is 0 Å². The van der Waals surface area contributed by atoms with Crippen molar-refractivity contribution in [2.45, 2.75) is 0 Å². The van der Waals surface area contributed by atoms with Gasteiger partial charge in [0.15, 0.2) is 0 Å². The van der Waals surface area contributed by atoms with Gasteiger partial charge in [-0.1, -0.05) is 6.07 Å². The normalized spacial score (nSPS) is 11.0. The van der Waals surface area contributed by atoms with Gasteiger partial charge in [0.05, 0.1) is 21.2 Å². The monoisotopic (exact) mass is 352 g/mol. The highest BCUT2D eigenvalue weighted by Gasteiger charge is 2.16. The number of hydrogen-bond donors (Lipinski definition) is 1. The van der Waals surface area contributed by atoms with E-state index in [2.05, 4.69) is 20.9 Å². The van der Waals surface area contributed by atoms with Crippen LogP contribution in [-0.2, 0) is 0 Å². The Kier molecular flexibility index (Phi) is 3.21. The Morgan fingerprint density at radius 3 is 2.71 bits per heavy atom. The lowest BCUT2D eigenvalue weighted by Crippen LogP contribution is -2.00. The fraction of sp³-hybridized carbons (Fsp3) is 0. The van der Waals surface area contributed by atoms with Crippen molar-refractivity contribution >= 4 is 32.9 Å². The van der Waals surface area contributed by atoms with Gasteiger partial charge in [-0.25, -0.2) is 18.6 Å². The SMILES string of the molecule is O=C(O)c1cccc2c1ncn2-c1cc(F)c(Br)cc1F. The molecule has 2 aromatic carbocycles. The number of carbonyl (C=O) groups is 1. The smallest absolute Gasteiger partial charge is 0.337 e. The summed E-state index contributed by atoms with van der Waals surface area (Å²) in [6.45, 7) is 0. The van der Waals surface area contributed by atoms with Crippen LogP contribution < -0.4 is 0 Å². The van der Waals surface area contributed by atoms with Crippen molar-refractivity contribution in [3.63, 3.8) is 0 Å². The molecule has 0 aliphatic rings. The maximum Gasteiger partial charge on any atom is 0.337 e. The van der Waals surface area contributed by atoms with Crippen molar-refractivity contribution in [3.8, 4) is 5.69 Å². The molecule has 0 saturated heterocycles. The number of halogens is 3. The third-order valence-corrected chi connectivity index (χ3v) is 3.66. The zero-order valence-corrected chi connectivity index (χ0v) is 11.9. The molecule has 3 aromatic rings. The molecule has 0 unspecified atom stereocenters. The molecule has 0 saturated carbocycles. The molecule has 0 bridgehead atoms. The number of para-hydroxylation sites is 1. The average Bonchev–Trinajstić information content (AvgIpc) is 2.86. The summed E-state index contributed by atoms with van der Waals surface area (Å²) < 4.78 is 29.0. The molecular weight excluding hydrogens is 346 g/mol. The highest BCUT2D eigenvalue weighted by molar-refractivity contribution is 9.10. The van der Waals surface area contributed by atoms with E-state index >= 15 is 0 Å². The Morgan fingerprint density at radius 2 is 2.00 bits per heavy atom. The number of aromatic nitrogens is 2. The van der Waals surface area contributed by atoms with Crippen LogP contribution in [-0.4, -0.2) is 20.6 Å². The molecule has 0 aliphatic heterocycles. The summed E-state index contributed by atoms with van der Waals surface area (Å²) in [6, 6.07) is 6.55. The maximum atomic E-state index is 14.0. The minimum atomic E-state index is -1.13. The van der Waals surface area contributed by atoms with E-state index in [4.69, 9.17) is 5.11 Å². The number of fused-ring (bicyclic) bond motifs is 1. The van der Waals surface area contributed by atoms with Crippen LogP contribution in [0.2, 0.25) is 0 Å². The second-order valence-electron chi connectivity index (χ2n) is 4.31.